The Hall–Kier alpha value is -0.0100. The molecule has 16 heavy (non-hydrogen) atoms. The Morgan fingerprint density at radius 3 is 2.50 bits per heavy atom. The lowest BCUT2D eigenvalue weighted by atomic mass is 10.1. The molecule has 0 radical (unpaired) electrons. The minimum absolute atomic E-state index is 0.127. The summed E-state index contributed by atoms with van der Waals surface area (Å²) in [5, 5.41) is 21.3. The number of aliphatic hydroxyl groups excluding tert-OH is 2. The van der Waals surface area contributed by atoms with E-state index in [0.29, 0.717) is 6.54 Å². The Balaban J connectivity index is 2.67. The molecule has 1 heterocycles. The van der Waals surface area contributed by atoms with Crippen LogP contribution in [0.15, 0.2) is 21.2 Å². The van der Waals surface area contributed by atoms with E-state index in [2.05, 4.69) is 42.2 Å². The van der Waals surface area contributed by atoms with Crippen LogP contribution in [0.25, 0.3) is 0 Å². The number of rotatable bonds is 5. The van der Waals surface area contributed by atoms with Crippen molar-refractivity contribution in [1.29, 1.82) is 0 Å². The highest BCUT2D eigenvalue weighted by Crippen LogP contribution is 2.19. The van der Waals surface area contributed by atoms with Crippen molar-refractivity contribution in [1.82, 2.24) is 10.3 Å². The zero-order valence-corrected chi connectivity index (χ0v) is 12.0. The van der Waals surface area contributed by atoms with E-state index in [1.807, 2.05) is 6.07 Å². The summed E-state index contributed by atoms with van der Waals surface area (Å²) in [5.41, 5.74) is 0.144. The predicted octanol–water partition coefficient (Wildman–Crippen LogP) is 1.44. The third-order valence-electron chi connectivity index (χ3n) is 2.26. The molecule has 4 nitrogen and oxygen atoms in total. The smallest absolute Gasteiger partial charge is 0.0684 e. The molecule has 90 valence electrons. The summed E-state index contributed by atoms with van der Waals surface area (Å²) in [5.74, 6) is 0. The van der Waals surface area contributed by atoms with Gasteiger partial charge in [-0.3, -0.25) is 4.98 Å². The van der Waals surface area contributed by atoms with Crippen molar-refractivity contribution < 1.29 is 10.2 Å². The molecule has 0 spiro atoms. The Morgan fingerprint density at radius 1 is 1.38 bits per heavy atom. The fourth-order valence-corrected chi connectivity index (χ4v) is 2.16. The van der Waals surface area contributed by atoms with E-state index in [-0.39, 0.29) is 13.2 Å². The highest BCUT2D eigenvalue weighted by atomic mass is 79.9. The van der Waals surface area contributed by atoms with E-state index in [1.165, 1.54) is 0 Å². The minimum Gasteiger partial charge on any atom is -0.394 e. The monoisotopic (exact) mass is 352 g/mol. The van der Waals surface area contributed by atoms with Gasteiger partial charge in [0.1, 0.15) is 0 Å². The number of hydrogen-bond acceptors (Lipinski definition) is 4. The van der Waals surface area contributed by atoms with E-state index in [1.54, 1.807) is 13.1 Å². The summed E-state index contributed by atoms with van der Waals surface area (Å²) in [6.07, 6.45) is 1.71. The van der Waals surface area contributed by atoms with Crippen LogP contribution in [0.4, 0.5) is 0 Å². The van der Waals surface area contributed by atoms with Crippen molar-refractivity contribution >= 4 is 31.9 Å². The number of hydrogen-bond donors (Lipinski definition) is 3. The van der Waals surface area contributed by atoms with Gasteiger partial charge in [0.2, 0.25) is 0 Å². The number of nitrogens with one attached hydrogen (secondary N) is 1. The van der Waals surface area contributed by atoms with Gasteiger partial charge in [-0.05, 0) is 44.8 Å². The van der Waals surface area contributed by atoms with Gasteiger partial charge in [0.15, 0.2) is 0 Å². The van der Waals surface area contributed by atoms with Gasteiger partial charge in [0.25, 0.3) is 0 Å². The van der Waals surface area contributed by atoms with Crippen LogP contribution in [-0.2, 0) is 6.54 Å². The van der Waals surface area contributed by atoms with Crippen molar-refractivity contribution in [2.24, 2.45) is 0 Å². The molecule has 0 aromatic carbocycles. The molecule has 0 amide bonds. The van der Waals surface area contributed by atoms with Gasteiger partial charge in [-0.15, -0.1) is 0 Å². The molecule has 0 aliphatic rings. The third kappa shape index (κ3) is 3.78. The third-order valence-corrected chi connectivity index (χ3v) is 3.38. The fourth-order valence-electron chi connectivity index (χ4n) is 1.03. The van der Waals surface area contributed by atoms with Gasteiger partial charge in [-0.1, -0.05) is 0 Å². The largest absolute Gasteiger partial charge is 0.394 e. The number of pyridine rings is 1. The second kappa shape index (κ2) is 6.07. The first-order valence-corrected chi connectivity index (χ1v) is 6.36. The van der Waals surface area contributed by atoms with Crippen LogP contribution >= 0.6 is 31.9 Å². The SMILES string of the molecule is CC(CO)(CO)NCc1ncc(Br)cc1Br. The summed E-state index contributed by atoms with van der Waals surface area (Å²) < 4.78 is 1.78. The molecule has 0 unspecified atom stereocenters. The van der Waals surface area contributed by atoms with Crippen LogP contribution in [0.1, 0.15) is 12.6 Å². The maximum atomic E-state index is 9.11. The first kappa shape index (κ1) is 14.1. The first-order chi connectivity index (χ1) is 7.50. The molecular formula is C10H14Br2N2O2. The Labute approximate surface area is 111 Å². The van der Waals surface area contributed by atoms with Crippen LogP contribution in [0.5, 0.6) is 0 Å². The topological polar surface area (TPSA) is 65.4 Å². The van der Waals surface area contributed by atoms with Crippen LogP contribution in [0, 0.1) is 0 Å². The van der Waals surface area contributed by atoms with Crippen molar-refractivity contribution in [2.45, 2.75) is 19.0 Å². The molecular weight excluding hydrogens is 340 g/mol. The average Bonchev–Trinajstić information content (AvgIpc) is 2.27. The van der Waals surface area contributed by atoms with Crippen LogP contribution in [0.3, 0.4) is 0 Å². The Kier molecular flexibility index (Phi) is 5.33. The maximum Gasteiger partial charge on any atom is 0.0684 e. The molecule has 0 atom stereocenters. The van der Waals surface area contributed by atoms with Crippen molar-refractivity contribution in [3.63, 3.8) is 0 Å². The van der Waals surface area contributed by atoms with E-state index in [4.69, 9.17) is 10.2 Å². The number of nitrogens with zero attached hydrogens (tertiary/aromatic N) is 1. The van der Waals surface area contributed by atoms with E-state index >= 15 is 0 Å². The zero-order chi connectivity index (χ0) is 12.2. The lowest BCUT2D eigenvalue weighted by Crippen LogP contribution is -2.48. The fraction of sp³-hybridized carbons (Fsp3) is 0.500. The van der Waals surface area contributed by atoms with Gasteiger partial charge in [-0.2, -0.15) is 0 Å². The summed E-state index contributed by atoms with van der Waals surface area (Å²) >= 11 is 6.72. The molecule has 1 aromatic heterocycles. The Bertz CT molecular complexity index is 357. The molecule has 0 aliphatic heterocycles. The van der Waals surface area contributed by atoms with E-state index in [0.717, 1.165) is 14.6 Å². The quantitative estimate of drug-likeness (QED) is 0.749. The average molecular weight is 354 g/mol. The summed E-state index contributed by atoms with van der Waals surface area (Å²) in [6.45, 7) is 1.97. The molecule has 0 bridgehead atoms. The molecule has 0 saturated heterocycles. The molecule has 0 fully saturated rings. The van der Waals surface area contributed by atoms with E-state index in [9.17, 15) is 0 Å². The van der Waals surface area contributed by atoms with Gasteiger partial charge < -0.3 is 15.5 Å². The lowest BCUT2D eigenvalue weighted by Gasteiger charge is -2.26. The molecule has 3 N–H and O–H groups in total. The van der Waals surface area contributed by atoms with Crippen molar-refractivity contribution in [3.05, 3.63) is 26.9 Å². The predicted molar refractivity (Wildman–Crippen MR) is 69.1 cm³/mol. The summed E-state index contributed by atoms with van der Waals surface area (Å²) in [7, 11) is 0. The normalized spacial score (nSPS) is 11.8. The number of aromatic nitrogens is 1. The van der Waals surface area contributed by atoms with Crippen LogP contribution < -0.4 is 5.32 Å². The minimum atomic E-state index is -0.686. The molecule has 0 aliphatic carbocycles. The number of halogens is 2. The Morgan fingerprint density at radius 2 is 2.00 bits per heavy atom. The lowest BCUT2D eigenvalue weighted by molar-refractivity contribution is 0.103. The van der Waals surface area contributed by atoms with Gasteiger partial charge in [0, 0.05) is 21.7 Å². The first-order valence-electron chi connectivity index (χ1n) is 4.77. The highest BCUT2D eigenvalue weighted by Gasteiger charge is 2.21. The van der Waals surface area contributed by atoms with Crippen LogP contribution in [-0.4, -0.2) is 33.9 Å². The summed E-state index contributed by atoms with van der Waals surface area (Å²) in [6, 6.07) is 1.90. The van der Waals surface area contributed by atoms with Crippen LogP contribution in [0.2, 0.25) is 0 Å². The second-order valence-electron chi connectivity index (χ2n) is 3.81. The molecule has 1 aromatic rings. The van der Waals surface area contributed by atoms with Gasteiger partial charge in [0.05, 0.1) is 24.4 Å². The van der Waals surface area contributed by atoms with Crippen molar-refractivity contribution in [2.75, 3.05) is 13.2 Å². The highest BCUT2D eigenvalue weighted by molar-refractivity contribution is 9.11. The maximum absolute atomic E-state index is 9.11. The zero-order valence-electron chi connectivity index (χ0n) is 8.87. The molecule has 0 saturated carbocycles. The van der Waals surface area contributed by atoms with Gasteiger partial charge >= 0.3 is 0 Å². The van der Waals surface area contributed by atoms with Gasteiger partial charge in [-0.25, -0.2) is 0 Å². The second-order valence-corrected chi connectivity index (χ2v) is 5.58. The van der Waals surface area contributed by atoms with E-state index < -0.39 is 5.54 Å². The van der Waals surface area contributed by atoms with Crippen molar-refractivity contribution in [3.8, 4) is 0 Å². The molecule has 6 heteroatoms. The number of aliphatic hydroxyl groups is 2. The standard InChI is InChI=1S/C10H14Br2N2O2/c1-10(5-15,6-16)14-4-9-8(12)2-7(11)3-13-9/h2-3,14-16H,4-6H2,1H3. The molecule has 1 rings (SSSR count). The summed E-state index contributed by atoms with van der Waals surface area (Å²) in [4.78, 5) is 4.23.